The summed E-state index contributed by atoms with van der Waals surface area (Å²) in [6.07, 6.45) is 0. The van der Waals surface area contributed by atoms with Crippen molar-refractivity contribution in [3.63, 3.8) is 0 Å². The number of anilines is 1. The Balaban J connectivity index is 2.35. The van der Waals surface area contributed by atoms with E-state index in [0.29, 0.717) is 26.9 Å². The van der Waals surface area contributed by atoms with Gasteiger partial charge in [-0.2, -0.15) is 0 Å². The van der Waals surface area contributed by atoms with Crippen LogP contribution in [0.3, 0.4) is 0 Å². The van der Waals surface area contributed by atoms with Crippen molar-refractivity contribution >= 4 is 34.8 Å². The van der Waals surface area contributed by atoms with Crippen LogP contribution in [0.1, 0.15) is 21.5 Å². The smallest absolute Gasteiger partial charge is 0.256 e. The number of hydrogen-bond donors (Lipinski definition) is 2. The van der Waals surface area contributed by atoms with Crippen LogP contribution >= 0.6 is 23.2 Å². The monoisotopic (exact) mass is 309 g/mol. The number of aromatic hydroxyl groups is 1. The molecule has 0 radical (unpaired) electrons. The maximum absolute atomic E-state index is 12.3. The molecular formula is C15H13Cl2NO2. The zero-order chi connectivity index (χ0) is 14.9. The number of aryl methyl sites for hydroxylation is 2. The van der Waals surface area contributed by atoms with Gasteiger partial charge >= 0.3 is 0 Å². The highest BCUT2D eigenvalue weighted by atomic mass is 35.5. The van der Waals surface area contributed by atoms with Gasteiger partial charge in [0.15, 0.2) is 0 Å². The number of carbonyl (C=O) groups excluding carboxylic acids is 1. The summed E-state index contributed by atoms with van der Waals surface area (Å²) in [5.74, 6) is -0.206. The largest absolute Gasteiger partial charge is 0.508 e. The molecule has 2 aromatic carbocycles. The van der Waals surface area contributed by atoms with Crippen LogP contribution in [0.2, 0.25) is 10.0 Å². The molecule has 0 saturated carbocycles. The summed E-state index contributed by atoms with van der Waals surface area (Å²) in [5.41, 5.74) is 2.35. The second-order valence-electron chi connectivity index (χ2n) is 4.51. The molecule has 2 aromatic rings. The lowest BCUT2D eigenvalue weighted by molar-refractivity contribution is 0.102. The quantitative estimate of drug-likeness (QED) is 0.853. The number of rotatable bonds is 2. The predicted molar refractivity (Wildman–Crippen MR) is 82.0 cm³/mol. The zero-order valence-corrected chi connectivity index (χ0v) is 12.5. The Morgan fingerprint density at radius 2 is 1.80 bits per heavy atom. The van der Waals surface area contributed by atoms with Gasteiger partial charge in [0.2, 0.25) is 0 Å². The van der Waals surface area contributed by atoms with E-state index >= 15 is 0 Å². The van der Waals surface area contributed by atoms with E-state index in [1.165, 1.54) is 12.1 Å². The van der Waals surface area contributed by atoms with E-state index in [1.54, 1.807) is 25.1 Å². The van der Waals surface area contributed by atoms with E-state index in [4.69, 9.17) is 23.2 Å². The number of benzene rings is 2. The summed E-state index contributed by atoms with van der Waals surface area (Å²) in [5, 5.41) is 12.9. The molecule has 0 aliphatic carbocycles. The van der Waals surface area contributed by atoms with Gasteiger partial charge in [-0.25, -0.2) is 0 Å². The SMILES string of the molecule is Cc1cc(O)ccc1C(=O)Nc1c(Cl)ccc(C)c1Cl. The first-order valence-electron chi connectivity index (χ1n) is 5.95. The molecule has 5 heteroatoms. The molecule has 0 bridgehead atoms. The Morgan fingerprint density at radius 1 is 1.10 bits per heavy atom. The molecule has 0 unspecified atom stereocenters. The van der Waals surface area contributed by atoms with Crippen LogP contribution in [-0.4, -0.2) is 11.0 Å². The fourth-order valence-electron chi connectivity index (χ4n) is 1.85. The number of nitrogens with one attached hydrogen (secondary N) is 1. The van der Waals surface area contributed by atoms with E-state index in [1.807, 2.05) is 6.92 Å². The van der Waals surface area contributed by atoms with Crippen LogP contribution in [-0.2, 0) is 0 Å². The normalized spacial score (nSPS) is 10.4. The molecule has 2 rings (SSSR count). The molecule has 1 amide bonds. The molecule has 0 atom stereocenters. The van der Waals surface area contributed by atoms with Gasteiger partial charge in [-0.05, 0) is 49.2 Å². The summed E-state index contributed by atoms with van der Waals surface area (Å²) in [7, 11) is 0. The zero-order valence-electron chi connectivity index (χ0n) is 11.0. The Bertz CT molecular complexity index is 684. The average Bonchev–Trinajstić information content (AvgIpc) is 2.39. The van der Waals surface area contributed by atoms with Crippen molar-refractivity contribution in [3.05, 3.63) is 57.1 Å². The molecule has 104 valence electrons. The van der Waals surface area contributed by atoms with Gasteiger partial charge in [-0.1, -0.05) is 29.3 Å². The molecule has 20 heavy (non-hydrogen) atoms. The van der Waals surface area contributed by atoms with Gasteiger partial charge in [-0.3, -0.25) is 4.79 Å². The van der Waals surface area contributed by atoms with Gasteiger partial charge in [0.05, 0.1) is 15.7 Å². The molecule has 0 aromatic heterocycles. The summed E-state index contributed by atoms with van der Waals surface area (Å²) >= 11 is 12.2. The van der Waals surface area contributed by atoms with Crippen molar-refractivity contribution in [2.24, 2.45) is 0 Å². The van der Waals surface area contributed by atoms with Crippen LogP contribution in [0.25, 0.3) is 0 Å². The summed E-state index contributed by atoms with van der Waals surface area (Å²) in [4.78, 5) is 12.3. The van der Waals surface area contributed by atoms with Gasteiger partial charge in [0.1, 0.15) is 5.75 Å². The highest BCUT2D eigenvalue weighted by Gasteiger charge is 2.14. The van der Waals surface area contributed by atoms with Crippen LogP contribution in [0.5, 0.6) is 5.75 Å². The molecule has 0 fully saturated rings. The first kappa shape index (κ1) is 14.7. The van der Waals surface area contributed by atoms with E-state index in [-0.39, 0.29) is 11.7 Å². The van der Waals surface area contributed by atoms with Gasteiger partial charge in [0.25, 0.3) is 5.91 Å². The topological polar surface area (TPSA) is 49.3 Å². The third kappa shape index (κ3) is 2.89. The molecule has 3 nitrogen and oxygen atoms in total. The Hall–Kier alpha value is -1.71. The number of phenolic OH excluding ortho intramolecular Hbond substituents is 1. The van der Waals surface area contributed by atoms with Crippen molar-refractivity contribution in [3.8, 4) is 5.75 Å². The second-order valence-corrected chi connectivity index (χ2v) is 5.29. The van der Waals surface area contributed by atoms with E-state index < -0.39 is 0 Å². The van der Waals surface area contributed by atoms with Gasteiger partial charge in [-0.15, -0.1) is 0 Å². The maximum atomic E-state index is 12.3. The minimum Gasteiger partial charge on any atom is -0.508 e. The molecule has 0 aliphatic rings. The van der Waals surface area contributed by atoms with Crippen LogP contribution in [0.4, 0.5) is 5.69 Å². The number of amides is 1. The lowest BCUT2D eigenvalue weighted by Crippen LogP contribution is -2.14. The first-order valence-corrected chi connectivity index (χ1v) is 6.71. The van der Waals surface area contributed by atoms with Crippen LogP contribution < -0.4 is 5.32 Å². The van der Waals surface area contributed by atoms with Crippen molar-refractivity contribution in [2.75, 3.05) is 5.32 Å². The summed E-state index contributed by atoms with van der Waals surface area (Å²) < 4.78 is 0. The maximum Gasteiger partial charge on any atom is 0.256 e. The molecule has 0 spiro atoms. The molecule has 2 N–H and O–H groups in total. The Labute approximate surface area is 127 Å². The highest BCUT2D eigenvalue weighted by molar-refractivity contribution is 6.40. The van der Waals surface area contributed by atoms with Crippen molar-refractivity contribution in [2.45, 2.75) is 13.8 Å². The molecule has 0 saturated heterocycles. The van der Waals surface area contributed by atoms with Gasteiger partial charge < -0.3 is 10.4 Å². The first-order chi connectivity index (χ1) is 9.40. The minimum absolute atomic E-state index is 0.116. The highest BCUT2D eigenvalue weighted by Crippen LogP contribution is 2.33. The predicted octanol–water partition coefficient (Wildman–Crippen LogP) is 4.57. The summed E-state index contributed by atoms with van der Waals surface area (Å²) in [6.45, 7) is 3.58. The Morgan fingerprint density at radius 3 is 2.45 bits per heavy atom. The number of carbonyl (C=O) groups is 1. The number of halogens is 2. The molecular weight excluding hydrogens is 297 g/mol. The summed E-state index contributed by atoms with van der Waals surface area (Å²) in [6, 6.07) is 8.00. The lowest BCUT2D eigenvalue weighted by Gasteiger charge is -2.12. The van der Waals surface area contributed by atoms with E-state index in [9.17, 15) is 9.90 Å². The third-order valence-corrected chi connectivity index (χ3v) is 3.78. The minimum atomic E-state index is -0.322. The third-order valence-electron chi connectivity index (χ3n) is 2.98. The fraction of sp³-hybridized carbons (Fsp3) is 0.133. The van der Waals surface area contributed by atoms with Gasteiger partial charge in [0, 0.05) is 5.56 Å². The molecule has 0 heterocycles. The van der Waals surface area contributed by atoms with Crippen LogP contribution in [0.15, 0.2) is 30.3 Å². The second kappa shape index (κ2) is 5.73. The van der Waals surface area contributed by atoms with E-state index in [2.05, 4.69) is 5.32 Å². The Kier molecular flexibility index (Phi) is 4.21. The lowest BCUT2D eigenvalue weighted by atomic mass is 10.1. The van der Waals surface area contributed by atoms with Crippen molar-refractivity contribution < 1.29 is 9.90 Å². The van der Waals surface area contributed by atoms with Crippen molar-refractivity contribution in [1.29, 1.82) is 0 Å². The van der Waals surface area contributed by atoms with Crippen LogP contribution in [0, 0.1) is 13.8 Å². The number of hydrogen-bond acceptors (Lipinski definition) is 2. The molecule has 0 aliphatic heterocycles. The average molecular weight is 310 g/mol. The number of phenols is 1. The van der Waals surface area contributed by atoms with Crippen molar-refractivity contribution in [1.82, 2.24) is 0 Å². The fourth-order valence-corrected chi connectivity index (χ4v) is 2.32. The van der Waals surface area contributed by atoms with E-state index in [0.717, 1.165) is 5.56 Å². The standard InChI is InChI=1S/C15H13Cl2NO2/c1-8-3-6-12(16)14(13(8)17)18-15(20)11-5-4-10(19)7-9(11)2/h3-7,19H,1-2H3,(H,18,20).